The highest BCUT2D eigenvalue weighted by molar-refractivity contribution is 6.03. The highest BCUT2D eigenvalue weighted by atomic mass is 19.4. The number of carbonyl (C=O) groups is 1. The van der Waals surface area contributed by atoms with Gasteiger partial charge in [0, 0.05) is 6.07 Å². The van der Waals surface area contributed by atoms with Crippen LogP contribution in [0.2, 0.25) is 0 Å². The Labute approximate surface area is 179 Å². The van der Waals surface area contributed by atoms with Crippen LogP contribution in [-0.2, 0) is 0 Å². The number of benzene rings is 3. The average Bonchev–Trinajstić information content (AvgIpc) is 2.74. The molecule has 0 aliphatic heterocycles. The van der Waals surface area contributed by atoms with Crippen LogP contribution in [0.1, 0.15) is 27.6 Å². The van der Waals surface area contributed by atoms with Crippen LogP contribution in [0, 0.1) is 17.0 Å². The maximum absolute atomic E-state index is 12.8. The lowest BCUT2D eigenvalue weighted by Crippen LogP contribution is -2.16. The molecule has 32 heavy (non-hydrogen) atoms. The Kier molecular flexibility index (Phi) is 6.45. The molecular formula is C22H16F3NO6. The monoisotopic (exact) mass is 447 g/mol. The van der Waals surface area contributed by atoms with E-state index in [1.165, 1.54) is 31.2 Å². The smallest absolute Gasteiger partial charge is 0.457 e. The number of rotatable bonds is 7. The molecule has 0 aromatic heterocycles. The van der Waals surface area contributed by atoms with E-state index < -0.39 is 34.6 Å². The lowest BCUT2D eigenvalue weighted by atomic mass is 9.97. The van der Waals surface area contributed by atoms with Crippen molar-refractivity contribution >= 4 is 11.5 Å². The fraction of sp³-hybridized carbons (Fsp3) is 0.136. The molecule has 1 unspecified atom stereocenters. The van der Waals surface area contributed by atoms with E-state index >= 15 is 0 Å². The number of ketones is 1. The third-order valence-corrected chi connectivity index (χ3v) is 4.40. The average molecular weight is 447 g/mol. The lowest BCUT2D eigenvalue weighted by Gasteiger charge is -2.14. The second kappa shape index (κ2) is 9.06. The van der Waals surface area contributed by atoms with Crippen LogP contribution >= 0.6 is 0 Å². The second-order valence-electron chi connectivity index (χ2n) is 6.69. The SMILES string of the molecule is Cc1cc([N+](=O)[O-])c(C(=O)C(O)c2ccccc2)cc1Oc1ccc(OC(F)(F)F)cc1. The third-order valence-electron chi connectivity index (χ3n) is 4.40. The maximum atomic E-state index is 12.8. The summed E-state index contributed by atoms with van der Waals surface area (Å²) in [5, 5.41) is 21.9. The molecule has 1 atom stereocenters. The molecule has 1 N–H and O–H groups in total. The number of nitro benzene ring substituents is 1. The van der Waals surface area contributed by atoms with Crippen molar-refractivity contribution in [2.45, 2.75) is 19.4 Å². The van der Waals surface area contributed by atoms with Gasteiger partial charge in [0.2, 0.25) is 5.78 Å². The van der Waals surface area contributed by atoms with Crippen LogP contribution in [0.5, 0.6) is 17.2 Å². The van der Waals surface area contributed by atoms with Gasteiger partial charge in [-0.25, -0.2) is 0 Å². The molecule has 0 amide bonds. The maximum Gasteiger partial charge on any atom is 0.573 e. The minimum absolute atomic E-state index is 0.0590. The summed E-state index contributed by atoms with van der Waals surface area (Å²) < 4.78 is 46.3. The first-order valence-electron chi connectivity index (χ1n) is 9.15. The summed E-state index contributed by atoms with van der Waals surface area (Å²) in [6, 6.07) is 14.7. The van der Waals surface area contributed by atoms with Gasteiger partial charge in [0.15, 0.2) is 0 Å². The molecular weight excluding hydrogens is 431 g/mol. The van der Waals surface area contributed by atoms with Crippen LogP contribution in [0.3, 0.4) is 0 Å². The van der Waals surface area contributed by atoms with Gasteiger partial charge in [0.25, 0.3) is 5.69 Å². The number of nitro groups is 1. The zero-order valence-electron chi connectivity index (χ0n) is 16.5. The van der Waals surface area contributed by atoms with E-state index in [0.29, 0.717) is 5.56 Å². The van der Waals surface area contributed by atoms with Crippen molar-refractivity contribution < 1.29 is 37.5 Å². The molecule has 3 aromatic carbocycles. The molecule has 3 aromatic rings. The van der Waals surface area contributed by atoms with E-state index in [4.69, 9.17) is 4.74 Å². The summed E-state index contributed by atoms with van der Waals surface area (Å²) in [6.45, 7) is 1.51. The number of ether oxygens (including phenoxy) is 2. The summed E-state index contributed by atoms with van der Waals surface area (Å²) in [5.41, 5.74) is -0.319. The first-order valence-corrected chi connectivity index (χ1v) is 9.15. The molecule has 166 valence electrons. The number of hydrogen-bond acceptors (Lipinski definition) is 6. The predicted molar refractivity (Wildman–Crippen MR) is 107 cm³/mol. The fourth-order valence-corrected chi connectivity index (χ4v) is 2.90. The van der Waals surface area contributed by atoms with Gasteiger partial charge in [-0.3, -0.25) is 14.9 Å². The van der Waals surface area contributed by atoms with E-state index in [9.17, 15) is 33.2 Å². The van der Waals surface area contributed by atoms with E-state index in [-0.39, 0.29) is 22.6 Å². The predicted octanol–water partition coefficient (Wildman–Crippen LogP) is 5.51. The Morgan fingerprint density at radius 2 is 1.62 bits per heavy atom. The summed E-state index contributed by atoms with van der Waals surface area (Å²) in [5.74, 6) is -1.18. The van der Waals surface area contributed by atoms with Crippen molar-refractivity contribution in [2.75, 3.05) is 0 Å². The van der Waals surface area contributed by atoms with Crippen molar-refractivity contribution in [1.29, 1.82) is 0 Å². The molecule has 0 bridgehead atoms. The van der Waals surface area contributed by atoms with Gasteiger partial charge in [-0.05, 0) is 48.4 Å². The Balaban J connectivity index is 1.92. The highest BCUT2D eigenvalue weighted by Gasteiger charge is 2.31. The molecule has 0 saturated carbocycles. The molecule has 0 fully saturated rings. The topological polar surface area (TPSA) is 98.9 Å². The molecule has 0 saturated heterocycles. The zero-order chi connectivity index (χ0) is 23.5. The first kappa shape index (κ1) is 22.8. The van der Waals surface area contributed by atoms with E-state index in [1.54, 1.807) is 18.2 Å². The largest absolute Gasteiger partial charge is 0.573 e. The molecule has 7 nitrogen and oxygen atoms in total. The van der Waals surface area contributed by atoms with E-state index in [2.05, 4.69) is 4.74 Å². The number of nitrogens with zero attached hydrogens (tertiary/aromatic N) is 1. The minimum Gasteiger partial charge on any atom is -0.457 e. The van der Waals surface area contributed by atoms with Crippen molar-refractivity contribution in [3.63, 3.8) is 0 Å². The standard InChI is InChI=1S/C22H16F3NO6/c1-13-11-18(26(29)30)17(21(28)20(27)14-5-3-2-4-6-14)12-19(13)31-15-7-9-16(10-8-15)32-22(23,24)25/h2-12,20,27H,1H3. The summed E-state index contributed by atoms with van der Waals surface area (Å²) in [4.78, 5) is 23.6. The number of alkyl halides is 3. The zero-order valence-corrected chi connectivity index (χ0v) is 16.5. The summed E-state index contributed by atoms with van der Waals surface area (Å²) >= 11 is 0. The summed E-state index contributed by atoms with van der Waals surface area (Å²) in [6.07, 6.45) is -6.48. The molecule has 3 rings (SSSR count). The third kappa shape index (κ3) is 5.41. The molecule has 0 aliphatic carbocycles. The van der Waals surface area contributed by atoms with Crippen molar-refractivity contribution in [3.8, 4) is 17.2 Å². The number of Topliss-reactive ketones (excluding diaryl/α,β-unsaturated/α-hetero) is 1. The summed E-state index contributed by atoms with van der Waals surface area (Å²) in [7, 11) is 0. The van der Waals surface area contributed by atoms with Crippen molar-refractivity contribution in [2.24, 2.45) is 0 Å². The number of aryl methyl sites for hydroxylation is 1. The van der Waals surface area contributed by atoms with Crippen LogP contribution in [0.4, 0.5) is 18.9 Å². The quantitative estimate of drug-likeness (QED) is 0.291. The van der Waals surface area contributed by atoms with Crippen LogP contribution < -0.4 is 9.47 Å². The lowest BCUT2D eigenvalue weighted by molar-refractivity contribution is -0.385. The number of hydrogen-bond donors (Lipinski definition) is 1. The van der Waals surface area contributed by atoms with E-state index in [0.717, 1.165) is 24.3 Å². The van der Waals surface area contributed by atoms with Gasteiger partial charge in [0.1, 0.15) is 28.9 Å². The Morgan fingerprint density at radius 3 is 2.19 bits per heavy atom. The Bertz CT molecular complexity index is 1130. The molecule has 0 spiro atoms. The second-order valence-corrected chi connectivity index (χ2v) is 6.69. The molecule has 0 aliphatic rings. The van der Waals surface area contributed by atoms with Gasteiger partial charge in [-0.15, -0.1) is 13.2 Å². The van der Waals surface area contributed by atoms with Gasteiger partial charge in [0.05, 0.1) is 4.92 Å². The Morgan fingerprint density at radius 1 is 1.03 bits per heavy atom. The first-order chi connectivity index (χ1) is 15.0. The number of aliphatic hydroxyl groups excluding tert-OH is 1. The molecule has 0 heterocycles. The van der Waals surface area contributed by atoms with Gasteiger partial charge < -0.3 is 14.6 Å². The molecule has 10 heteroatoms. The van der Waals surface area contributed by atoms with Crippen LogP contribution in [-0.4, -0.2) is 22.2 Å². The van der Waals surface area contributed by atoms with Gasteiger partial charge >= 0.3 is 6.36 Å². The minimum atomic E-state index is -4.84. The molecule has 0 radical (unpaired) electrons. The van der Waals surface area contributed by atoms with Crippen LogP contribution in [0.25, 0.3) is 0 Å². The van der Waals surface area contributed by atoms with Crippen molar-refractivity contribution in [1.82, 2.24) is 0 Å². The Hall–Kier alpha value is -3.92. The van der Waals surface area contributed by atoms with Gasteiger partial charge in [-0.1, -0.05) is 30.3 Å². The highest BCUT2D eigenvalue weighted by Crippen LogP contribution is 2.35. The van der Waals surface area contributed by atoms with E-state index in [1.807, 2.05) is 0 Å². The van der Waals surface area contributed by atoms with Gasteiger partial charge in [-0.2, -0.15) is 0 Å². The fourth-order valence-electron chi connectivity index (χ4n) is 2.90. The number of aliphatic hydroxyl groups is 1. The normalized spacial score (nSPS) is 12.2. The number of carbonyl (C=O) groups excluding carboxylic acids is 1. The van der Waals surface area contributed by atoms with Crippen molar-refractivity contribution in [3.05, 3.63) is 93.5 Å². The number of halogens is 3. The van der Waals surface area contributed by atoms with Crippen LogP contribution in [0.15, 0.2) is 66.7 Å².